The Bertz CT molecular complexity index is 523. The van der Waals surface area contributed by atoms with Gasteiger partial charge in [0.2, 0.25) is 0 Å². The molecule has 1 unspecified atom stereocenters. The van der Waals surface area contributed by atoms with Gasteiger partial charge in [-0.1, -0.05) is 6.42 Å². The molecule has 0 aromatic heterocycles. The van der Waals surface area contributed by atoms with Crippen LogP contribution in [0.4, 0.5) is 4.39 Å². The van der Waals surface area contributed by atoms with Gasteiger partial charge in [0, 0.05) is 32.2 Å². The predicted octanol–water partition coefficient (Wildman–Crippen LogP) is 2.37. The average Bonchev–Trinajstić information content (AvgIpc) is 2.47. The Morgan fingerprint density at radius 2 is 2.15 bits per heavy atom. The Hall–Kier alpha value is -1.44. The van der Waals surface area contributed by atoms with E-state index in [4.69, 9.17) is 5.26 Å². The summed E-state index contributed by atoms with van der Waals surface area (Å²) >= 11 is 0. The zero-order chi connectivity index (χ0) is 13.9. The molecule has 4 heteroatoms. The summed E-state index contributed by atoms with van der Waals surface area (Å²) in [5.41, 5.74) is 1.41. The van der Waals surface area contributed by atoms with Gasteiger partial charge in [0.25, 0.3) is 0 Å². The highest BCUT2D eigenvalue weighted by atomic mass is 19.1. The second-order valence-corrected chi connectivity index (χ2v) is 5.83. The lowest BCUT2D eigenvalue weighted by molar-refractivity contribution is 0.0456. The largest absolute Gasteiger partial charge is 0.298 e. The quantitative estimate of drug-likeness (QED) is 0.828. The van der Waals surface area contributed by atoms with Crippen molar-refractivity contribution in [3.8, 4) is 6.07 Å². The molecule has 0 saturated carbocycles. The van der Waals surface area contributed by atoms with Crippen LogP contribution in [0, 0.1) is 17.1 Å². The normalized spacial score (nSPS) is 24.1. The van der Waals surface area contributed by atoms with Crippen LogP contribution in [0.2, 0.25) is 0 Å². The number of rotatable bonds is 2. The van der Waals surface area contributed by atoms with Crippen molar-refractivity contribution in [3.63, 3.8) is 0 Å². The lowest BCUT2D eigenvalue weighted by Gasteiger charge is -2.44. The van der Waals surface area contributed by atoms with E-state index < -0.39 is 0 Å². The molecule has 2 saturated heterocycles. The maximum Gasteiger partial charge on any atom is 0.123 e. The third-order valence-electron chi connectivity index (χ3n) is 4.50. The highest BCUT2D eigenvalue weighted by Gasteiger charge is 2.28. The molecule has 1 atom stereocenters. The number of hydrogen-bond donors (Lipinski definition) is 0. The topological polar surface area (TPSA) is 30.3 Å². The number of hydrogen-bond acceptors (Lipinski definition) is 3. The van der Waals surface area contributed by atoms with Crippen LogP contribution < -0.4 is 0 Å². The minimum Gasteiger partial charge on any atom is -0.298 e. The highest BCUT2D eigenvalue weighted by Crippen LogP contribution is 2.23. The van der Waals surface area contributed by atoms with Gasteiger partial charge in [0.15, 0.2) is 0 Å². The Labute approximate surface area is 119 Å². The minimum atomic E-state index is -0.254. The average molecular weight is 273 g/mol. The van der Waals surface area contributed by atoms with E-state index in [2.05, 4.69) is 15.9 Å². The standard InChI is InChI=1S/C16H20FN3/c17-15-5-4-13(10-18)14(9-15)11-19-7-8-20-6-2-1-3-16(20)12-19/h4-5,9,16H,1-3,6-8,11-12H2. The molecule has 20 heavy (non-hydrogen) atoms. The molecule has 2 fully saturated rings. The molecule has 1 aromatic carbocycles. The van der Waals surface area contributed by atoms with Crippen molar-refractivity contribution >= 4 is 0 Å². The van der Waals surface area contributed by atoms with Gasteiger partial charge in [-0.15, -0.1) is 0 Å². The minimum absolute atomic E-state index is 0.254. The number of benzene rings is 1. The van der Waals surface area contributed by atoms with Gasteiger partial charge in [0.05, 0.1) is 11.6 Å². The van der Waals surface area contributed by atoms with Gasteiger partial charge in [-0.25, -0.2) is 4.39 Å². The van der Waals surface area contributed by atoms with Crippen molar-refractivity contribution in [2.24, 2.45) is 0 Å². The van der Waals surface area contributed by atoms with Crippen molar-refractivity contribution in [1.82, 2.24) is 9.80 Å². The first-order valence-corrected chi connectivity index (χ1v) is 7.41. The Balaban J connectivity index is 1.69. The van der Waals surface area contributed by atoms with E-state index >= 15 is 0 Å². The molecular formula is C16H20FN3. The molecule has 3 nitrogen and oxygen atoms in total. The Morgan fingerprint density at radius 3 is 3.00 bits per heavy atom. The first kappa shape index (κ1) is 13.5. The summed E-state index contributed by atoms with van der Waals surface area (Å²) < 4.78 is 13.4. The molecule has 0 N–H and O–H groups in total. The van der Waals surface area contributed by atoms with Crippen LogP contribution in [0.3, 0.4) is 0 Å². The van der Waals surface area contributed by atoms with Crippen LogP contribution in [0.1, 0.15) is 30.4 Å². The van der Waals surface area contributed by atoms with Crippen molar-refractivity contribution in [2.45, 2.75) is 31.8 Å². The Kier molecular flexibility index (Phi) is 4.00. The first-order valence-electron chi connectivity index (χ1n) is 7.41. The maximum atomic E-state index is 13.4. The lowest BCUT2D eigenvalue weighted by atomic mass is 9.99. The second kappa shape index (κ2) is 5.90. The summed E-state index contributed by atoms with van der Waals surface area (Å²) in [6, 6.07) is 7.27. The van der Waals surface area contributed by atoms with Crippen LogP contribution in [-0.4, -0.2) is 42.0 Å². The number of piperazine rings is 1. The fourth-order valence-corrected chi connectivity index (χ4v) is 3.41. The highest BCUT2D eigenvalue weighted by molar-refractivity contribution is 5.37. The summed E-state index contributed by atoms with van der Waals surface area (Å²) in [7, 11) is 0. The van der Waals surface area contributed by atoms with Gasteiger partial charge in [-0.3, -0.25) is 9.80 Å². The van der Waals surface area contributed by atoms with Crippen LogP contribution in [-0.2, 0) is 6.54 Å². The van der Waals surface area contributed by atoms with E-state index in [9.17, 15) is 4.39 Å². The van der Waals surface area contributed by atoms with Crippen molar-refractivity contribution in [3.05, 3.63) is 35.1 Å². The van der Waals surface area contributed by atoms with Gasteiger partial charge < -0.3 is 0 Å². The molecule has 106 valence electrons. The third kappa shape index (κ3) is 2.84. The molecule has 0 spiro atoms. The first-order chi connectivity index (χ1) is 9.76. The lowest BCUT2D eigenvalue weighted by Crippen LogP contribution is -2.54. The van der Waals surface area contributed by atoms with Crippen LogP contribution >= 0.6 is 0 Å². The predicted molar refractivity (Wildman–Crippen MR) is 75.6 cm³/mol. The fourth-order valence-electron chi connectivity index (χ4n) is 3.41. The number of fused-ring (bicyclic) bond motifs is 1. The summed E-state index contributed by atoms with van der Waals surface area (Å²) in [4.78, 5) is 4.94. The fraction of sp³-hybridized carbons (Fsp3) is 0.562. The van der Waals surface area contributed by atoms with Gasteiger partial charge in [-0.05, 0) is 43.1 Å². The third-order valence-corrected chi connectivity index (χ3v) is 4.50. The van der Waals surface area contributed by atoms with Crippen molar-refractivity contribution in [2.75, 3.05) is 26.2 Å². The molecule has 0 radical (unpaired) electrons. The summed E-state index contributed by atoms with van der Waals surface area (Å²) in [5.74, 6) is -0.254. The molecule has 2 aliphatic rings. The molecule has 0 aliphatic carbocycles. The van der Waals surface area contributed by atoms with Gasteiger partial charge >= 0.3 is 0 Å². The van der Waals surface area contributed by atoms with E-state index in [0.29, 0.717) is 18.2 Å². The monoisotopic (exact) mass is 273 g/mol. The zero-order valence-corrected chi connectivity index (χ0v) is 11.7. The van der Waals surface area contributed by atoms with Crippen LogP contribution in [0.15, 0.2) is 18.2 Å². The summed E-state index contributed by atoms with van der Waals surface area (Å²) in [5, 5.41) is 9.13. The molecule has 1 aromatic rings. The molecular weight excluding hydrogens is 253 g/mol. The molecule has 0 amide bonds. The van der Waals surface area contributed by atoms with Gasteiger partial charge in [-0.2, -0.15) is 5.26 Å². The number of nitrogens with zero attached hydrogens (tertiary/aromatic N) is 3. The van der Waals surface area contributed by atoms with Gasteiger partial charge in [0.1, 0.15) is 5.82 Å². The Morgan fingerprint density at radius 1 is 1.25 bits per heavy atom. The number of piperidine rings is 1. The van der Waals surface area contributed by atoms with E-state index in [-0.39, 0.29) is 5.82 Å². The number of nitriles is 1. The van der Waals surface area contributed by atoms with Crippen molar-refractivity contribution < 1.29 is 4.39 Å². The van der Waals surface area contributed by atoms with Crippen molar-refractivity contribution in [1.29, 1.82) is 5.26 Å². The summed E-state index contributed by atoms with van der Waals surface area (Å²) in [6.07, 6.45) is 3.90. The van der Waals surface area contributed by atoms with E-state index in [1.54, 1.807) is 6.07 Å². The maximum absolute atomic E-state index is 13.4. The number of halogens is 1. The zero-order valence-electron chi connectivity index (χ0n) is 11.7. The summed E-state index contributed by atoms with van der Waals surface area (Å²) in [6.45, 7) is 5.06. The molecule has 2 heterocycles. The SMILES string of the molecule is N#Cc1ccc(F)cc1CN1CCN2CCCCC2C1. The van der Waals surface area contributed by atoms with E-state index in [1.165, 1.54) is 37.9 Å². The second-order valence-electron chi connectivity index (χ2n) is 5.83. The molecule has 2 aliphatic heterocycles. The van der Waals surface area contributed by atoms with E-state index in [1.807, 2.05) is 0 Å². The van der Waals surface area contributed by atoms with Crippen LogP contribution in [0.25, 0.3) is 0 Å². The molecule has 3 rings (SSSR count). The van der Waals surface area contributed by atoms with Crippen LogP contribution in [0.5, 0.6) is 0 Å². The smallest absolute Gasteiger partial charge is 0.123 e. The van der Waals surface area contributed by atoms with E-state index in [0.717, 1.165) is 25.2 Å². The molecule has 0 bridgehead atoms.